The van der Waals surface area contributed by atoms with Crippen LogP contribution in [0, 0.1) is 12.1 Å². The van der Waals surface area contributed by atoms with Gasteiger partial charge in [0.25, 0.3) is 0 Å². The zero-order chi connectivity index (χ0) is 11.3. The molecule has 0 fully saturated rings. The minimum atomic E-state index is -0.943. The summed E-state index contributed by atoms with van der Waals surface area (Å²) in [5.41, 5.74) is 2.29. The van der Waals surface area contributed by atoms with Crippen LogP contribution >= 0.6 is 0 Å². The highest BCUT2D eigenvalue weighted by atomic mass is 32.2. The Bertz CT molecular complexity index is 622. The van der Waals surface area contributed by atoms with E-state index in [1.54, 1.807) is 13.0 Å². The summed E-state index contributed by atoms with van der Waals surface area (Å²) in [6, 6.07) is 7.38. The molecule has 0 saturated heterocycles. The number of para-hydroxylation sites is 1. The van der Waals surface area contributed by atoms with E-state index in [9.17, 15) is 9.42 Å². The predicted octanol–water partition coefficient (Wildman–Crippen LogP) is 1.45. The number of hydrogen-bond acceptors (Lipinski definition) is 2. The molecule has 1 aromatic heterocycles. The van der Waals surface area contributed by atoms with Gasteiger partial charge in [0.1, 0.15) is 0 Å². The van der Waals surface area contributed by atoms with Gasteiger partial charge < -0.3 is 5.21 Å². The van der Waals surface area contributed by atoms with Gasteiger partial charge in [-0.05, 0) is 12.5 Å². The molecule has 1 atom stereocenters. The largest absolute Gasteiger partial charge is 0.618 e. The summed E-state index contributed by atoms with van der Waals surface area (Å²) in [5, 5.41) is 12.9. The summed E-state index contributed by atoms with van der Waals surface area (Å²) in [5.74, 6) is 0.643. The second kappa shape index (κ2) is 3.28. The first-order valence-electron chi connectivity index (χ1n) is 5.22. The van der Waals surface area contributed by atoms with Gasteiger partial charge in [0, 0.05) is 24.3 Å². The molecule has 1 aliphatic heterocycles. The molecule has 82 valence electrons. The molecular weight excluding hydrogens is 222 g/mol. The minimum absolute atomic E-state index is 0.619. The van der Waals surface area contributed by atoms with Crippen molar-refractivity contribution >= 4 is 21.7 Å². The van der Waals surface area contributed by atoms with Gasteiger partial charge in [0.15, 0.2) is 5.69 Å². The van der Waals surface area contributed by atoms with Crippen LogP contribution in [0.15, 0.2) is 29.2 Å². The van der Waals surface area contributed by atoms with Crippen LogP contribution in [0.25, 0.3) is 10.9 Å². The molecule has 0 bridgehead atoms. The summed E-state index contributed by atoms with van der Waals surface area (Å²) < 4.78 is 12.9. The molecule has 0 radical (unpaired) electrons. The second-order valence-corrected chi connectivity index (χ2v) is 5.51. The SMILES string of the molecule is Cc1c2c(c3ccccc3[n+]1[O-])S(=O)CC2. The zero-order valence-corrected chi connectivity index (χ0v) is 9.71. The Morgan fingerprint density at radius 2 is 2.12 bits per heavy atom. The number of aromatic nitrogens is 1. The highest BCUT2D eigenvalue weighted by molar-refractivity contribution is 7.85. The Labute approximate surface area is 95.8 Å². The van der Waals surface area contributed by atoms with Crippen molar-refractivity contribution in [3.63, 3.8) is 0 Å². The Hall–Kier alpha value is -1.42. The molecule has 0 spiro atoms. The van der Waals surface area contributed by atoms with Crippen molar-refractivity contribution < 1.29 is 8.94 Å². The van der Waals surface area contributed by atoms with Crippen LogP contribution in [0.2, 0.25) is 0 Å². The highest BCUT2D eigenvalue weighted by Gasteiger charge is 2.28. The van der Waals surface area contributed by atoms with E-state index in [2.05, 4.69) is 0 Å². The fourth-order valence-electron chi connectivity index (χ4n) is 2.32. The number of benzene rings is 1. The lowest BCUT2D eigenvalue weighted by atomic mass is 10.1. The molecule has 0 N–H and O–H groups in total. The number of pyridine rings is 1. The van der Waals surface area contributed by atoms with Crippen LogP contribution in [0.3, 0.4) is 0 Å². The van der Waals surface area contributed by atoms with Crippen LogP contribution in [0.1, 0.15) is 11.3 Å². The Balaban J connectivity index is 2.56. The molecule has 3 nitrogen and oxygen atoms in total. The topological polar surface area (TPSA) is 44.0 Å². The van der Waals surface area contributed by atoms with Crippen LogP contribution in [-0.4, -0.2) is 9.96 Å². The summed E-state index contributed by atoms with van der Waals surface area (Å²) in [6.07, 6.45) is 0.751. The Morgan fingerprint density at radius 1 is 1.38 bits per heavy atom. The molecule has 16 heavy (non-hydrogen) atoms. The first-order chi connectivity index (χ1) is 7.70. The van der Waals surface area contributed by atoms with Crippen molar-refractivity contribution in [2.24, 2.45) is 0 Å². The van der Waals surface area contributed by atoms with E-state index in [1.165, 1.54) is 0 Å². The van der Waals surface area contributed by atoms with Gasteiger partial charge >= 0.3 is 0 Å². The third-order valence-electron chi connectivity index (χ3n) is 3.15. The van der Waals surface area contributed by atoms with Gasteiger partial charge in [-0.2, -0.15) is 4.73 Å². The quantitative estimate of drug-likeness (QED) is 0.510. The molecule has 1 unspecified atom stereocenters. The third kappa shape index (κ3) is 1.13. The van der Waals surface area contributed by atoms with Gasteiger partial charge in [-0.3, -0.25) is 4.21 Å². The van der Waals surface area contributed by atoms with Gasteiger partial charge in [-0.15, -0.1) is 0 Å². The van der Waals surface area contributed by atoms with Crippen LogP contribution in [0.4, 0.5) is 0 Å². The summed E-state index contributed by atoms with van der Waals surface area (Å²) in [6.45, 7) is 1.81. The van der Waals surface area contributed by atoms with Crippen molar-refractivity contribution in [1.82, 2.24) is 0 Å². The van der Waals surface area contributed by atoms with Crippen LogP contribution < -0.4 is 4.73 Å². The fourth-order valence-corrected chi connectivity index (χ4v) is 3.86. The fraction of sp³-hybridized carbons (Fsp3) is 0.250. The van der Waals surface area contributed by atoms with Crippen molar-refractivity contribution in [3.8, 4) is 0 Å². The molecule has 2 heterocycles. The monoisotopic (exact) mass is 233 g/mol. The normalized spacial score (nSPS) is 18.9. The van der Waals surface area contributed by atoms with E-state index in [4.69, 9.17) is 0 Å². The third-order valence-corrected chi connectivity index (χ3v) is 4.64. The Morgan fingerprint density at radius 3 is 2.94 bits per heavy atom. The van der Waals surface area contributed by atoms with Crippen LogP contribution in [-0.2, 0) is 17.2 Å². The standard InChI is InChI=1S/C12H11NO2S/c1-8-9-6-7-16(15)12(9)10-4-2-3-5-11(10)13(8)14/h2-5H,6-7H2,1H3. The van der Waals surface area contributed by atoms with Crippen molar-refractivity contribution in [1.29, 1.82) is 0 Å². The van der Waals surface area contributed by atoms with E-state index in [-0.39, 0.29) is 0 Å². The average Bonchev–Trinajstić information content (AvgIpc) is 2.69. The lowest BCUT2D eigenvalue weighted by Gasteiger charge is -2.09. The number of rotatable bonds is 0. The maximum absolute atomic E-state index is 12.0. The summed E-state index contributed by atoms with van der Waals surface area (Å²) in [4.78, 5) is 0.875. The van der Waals surface area contributed by atoms with Gasteiger partial charge in [-0.25, -0.2) is 0 Å². The maximum atomic E-state index is 12.0. The molecule has 0 aliphatic carbocycles. The first kappa shape index (κ1) is 9.78. The molecule has 4 heteroatoms. The summed E-state index contributed by atoms with van der Waals surface area (Å²) >= 11 is 0. The Kier molecular flexibility index (Phi) is 2.01. The molecule has 0 saturated carbocycles. The van der Waals surface area contributed by atoms with Gasteiger partial charge in [0.05, 0.1) is 21.1 Å². The van der Waals surface area contributed by atoms with E-state index in [0.29, 0.717) is 17.0 Å². The van der Waals surface area contributed by atoms with E-state index < -0.39 is 10.8 Å². The zero-order valence-electron chi connectivity index (χ0n) is 8.90. The molecule has 0 amide bonds. The molecular formula is C12H11NO2S. The average molecular weight is 233 g/mol. The summed E-state index contributed by atoms with van der Waals surface area (Å²) in [7, 11) is -0.943. The lowest BCUT2D eigenvalue weighted by molar-refractivity contribution is -0.584. The van der Waals surface area contributed by atoms with E-state index in [1.807, 2.05) is 18.2 Å². The first-order valence-corrected chi connectivity index (χ1v) is 6.54. The minimum Gasteiger partial charge on any atom is -0.618 e. The second-order valence-electron chi connectivity index (χ2n) is 4.00. The van der Waals surface area contributed by atoms with Crippen molar-refractivity contribution in [3.05, 3.63) is 40.7 Å². The lowest BCUT2D eigenvalue weighted by Crippen LogP contribution is -2.32. The predicted molar refractivity (Wildman–Crippen MR) is 62.6 cm³/mol. The maximum Gasteiger partial charge on any atom is 0.225 e. The molecule has 3 rings (SSSR count). The van der Waals surface area contributed by atoms with E-state index in [0.717, 1.165) is 27.0 Å². The van der Waals surface area contributed by atoms with E-state index >= 15 is 0 Å². The molecule has 2 aromatic rings. The number of hydrogen-bond donors (Lipinski definition) is 0. The number of fused-ring (bicyclic) bond motifs is 3. The number of nitrogens with zero attached hydrogens (tertiary/aromatic N) is 1. The van der Waals surface area contributed by atoms with Gasteiger partial charge in [0.2, 0.25) is 5.52 Å². The van der Waals surface area contributed by atoms with Crippen molar-refractivity contribution in [2.75, 3.05) is 5.75 Å². The molecule has 1 aromatic carbocycles. The highest BCUT2D eigenvalue weighted by Crippen LogP contribution is 2.30. The molecule has 1 aliphatic rings. The van der Waals surface area contributed by atoms with Crippen molar-refractivity contribution in [2.45, 2.75) is 18.2 Å². The smallest absolute Gasteiger partial charge is 0.225 e. The van der Waals surface area contributed by atoms with Gasteiger partial charge in [-0.1, -0.05) is 12.1 Å². The van der Waals surface area contributed by atoms with Crippen LogP contribution in [0.5, 0.6) is 0 Å².